The van der Waals surface area contributed by atoms with Gasteiger partial charge < -0.3 is 34.8 Å². The molecule has 0 unspecified atom stereocenters. The number of nitrogens with zero attached hydrogens (tertiary/aromatic N) is 7. The molecular weight excluding hydrogens is 592 g/mol. The van der Waals surface area contributed by atoms with E-state index in [2.05, 4.69) is 41.2 Å². The predicted octanol–water partition coefficient (Wildman–Crippen LogP) is 4.34. The van der Waals surface area contributed by atoms with Crippen molar-refractivity contribution in [2.24, 2.45) is 5.92 Å². The first-order chi connectivity index (χ1) is 22.7. The zero-order valence-corrected chi connectivity index (χ0v) is 28.6. The Morgan fingerprint density at radius 1 is 0.894 bits per heavy atom. The smallest absolute Gasteiger partial charge is 0.410 e. The number of piperazine rings is 1. The van der Waals surface area contributed by atoms with Crippen LogP contribution in [-0.4, -0.2) is 137 Å². The average Bonchev–Trinajstić information content (AvgIpc) is 3.08. The van der Waals surface area contributed by atoms with Crippen molar-refractivity contribution in [1.82, 2.24) is 29.8 Å². The van der Waals surface area contributed by atoms with Crippen molar-refractivity contribution in [3.05, 3.63) is 30.3 Å². The molecule has 0 spiro atoms. The maximum absolute atomic E-state index is 12.6. The molecule has 11 heteroatoms. The van der Waals surface area contributed by atoms with E-state index < -0.39 is 5.60 Å². The van der Waals surface area contributed by atoms with Gasteiger partial charge in [-0.25, -0.2) is 4.79 Å². The zero-order chi connectivity index (χ0) is 32.5. The van der Waals surface area contributed by atoms with E-state index in [1.165, 1.54) is 58.3 Å². The quantitative estimate of drug-likeness (QED) is 0.488. The molecule has 11 nitrogen and oxygen atoms in total. The van der Waals surface area contributed by atoms with Crippen LogP contribution in [0.25, 0.3) is 11.3 Å². The Hall–Kier alpha value is -3.15. The summed E-state index contributed by atoms with van der Waals surface area (Å²) in [5, 5.41) is 22.8. The number of nitrogens with one attached hydrogen (secondary N) is 1. The molecule has 4 saturated heterocycles. The summed E-state index contributed by atoms with van der Waals surface area (Å²) in [7, 11) is 0. The number of phenols is 1. The summed E-state index contributed by atoms with van der Waals surface area (Å²) in [6.45, 7) is 17.3. The number of hydrogen-bond donors (Lipinski definition) is 2. The third-order valence-corrected chi connectivity index (χ3v) is 11.1. The molecule has 2 N–H and O–H groups in total. The summed E-state index contributed by atoms with van der Waals surface area (Å²) >= 11 is 0. The minimum Gasteiger partial charge on any atom is -0.507 e. The number of fused-ring (bicyclic) bond motifs is 3. The van der Waals surface area contributed by atoms with Gasteiger partial charge in [0.05, 0.1) is 17.4 Å². The molecule has 256 valence electrons. The minimum absolute atomic E-state index is 0.152. The number of hydrogen-bond acceptors (Lipinski definition) is 10. The van der Waals surface area contributed by atoms with Crippen LogP contribution >= 0.6 is 0 Å². The lowest BCUT2D eigenvalue weighted by Crippen LogP contribution is -2.61. The number of piperidine rings is 3. The van der Waals surface area contributed by atoms with Gasteiger partial charge in [0.15, 0.2) is 5.82 Å². The zero-order valence-electron chi connectivity index (χ0n) is 28.6. The van der Waals surface area contributed by atoms with Gasteiger partial charge >= 0.3 is 6.09 Å². The molecule has 1 aromatic heterocycles. The molecule has 5 aliphatic heterocycles. The van der Waals surface area contributed by atoms with E-state index in [0.29, 0.717) is 29.7 Å². The summed E-state index contributed by atoms with van der Waals surface area (Å²) in [5.41, 5.74) is 2.09. The summed E-state index contributed by atoms with van der Waals surface area (Å²) in [6.07, 6.45) is 7.14. The Balaban J connectivity index is 0.859. The van der Waals surface area contributed by atoms with Gasteiger partial charge in [-0.05, 0) is 110 Å². The van der Waals surface area contributed by atoms with Crippen molar-refractivity contribution in [2.45, 2.75) is 83.0 Å². The highest BCUT2D eigenvalue weighted by Crippen LogP contribution is 2.37. The van der Waals surface area contributed by atoms with Crippen molar-refractivity contribution in [1.29, 1.82) is 0 Å². The average molecular weight is 647 g/mol. The number of aromatic hydroxyl groups is 1. The molecule has 1 amide bonds. The van der Waals surface area contributed by atoms with Gasteiger partial charge in [-0.2, -0.15) is 0 Å². The topological polar surface area (TPSA) is 101 Å². The Morgan fingerprint density at radius 2 is 1.64 bits per heavy atom. The number of benzene rings is 1. The van der Waals surface area contributed by atoms with Crippen LogP contribution in [0.2, 0.25) is 0 Å². The molecule has 2 aromatic rings. The van der Waals surface area contributed by atoms with E-state index in [1.54, 1.807) is 6.07 Å². The molecule has 0 bridgehead atoms. The third kappa shape index (κ3) is 7.47. The normalized spacial score (nSPS) is 25.6. The number of likely N-dealkylation sites (tertiary alicyclic amines) is 3. The molecule has 7 rings (SSSR count). The summed E-state index contributed by atoms with van der Waals surface area (Å²) in [6, 6.07) is 11.2. The summed E-state index contributed by atoms with van der Waals surface area (Å²) in [4.78, 5) is 25.3. The fraction of sp³-hybridized carbons (Fsp3) is 0.694. The molecule has 0 aliphatic carbocycles. The monoisotopic (exact) mass is 646 g/mol. The minimum atomic E-state index is -0.439. The summed E-state index contributed by atoms with van der Waals surface area (Å²) in [5.74, 6) is 1.62. The van der Waals surface area contributed by atoms with Crippen LogP contribution in [-0.2, 0) is 4.74 Å². The standard InChI is InChI=1S/C36H54N8O3/c1-36(2,3)47-35(46)43-14-6-7-26(24-43)23-40-15-10-27(11-16-40)41-17-12-28(13-18-41)42-19-20-44-29(25-42)22-37-34-32(44)21-31(38-39-34)30-8-4-5-9-33(30)45/h4-5,8-9,21,26-29,45H,6-7,10-20,22-25H2,1-3H3,(H,37,39)/t26-,29-/m0/s1. The molecule has 0 radical (unpaired) electrons. The van der Waals surface area contributed by atoms with Crippen molar-refractivity contribution < 1.29 is 14.6 Å². The Bertz CT molecular complexity index is 1380. The first kappa shape index (κ1) is 32.4. The largest absolute Gasteiger partial charge is 0.507 e. The molecular formula is C36H54N8O3. The molecule has 4 fully saturated rings. The van der Waals surface area contributed by atoms with E-state index in [0.717, 1.165) is 69.3 Å². The van der Waals surface area contributed by atoms with Gasteiger partial charge in [-0.15, -0.1) is 10.2 Å². The number of amides is 1. The van der Waals surface area contributed by atoms with Gasteiger partial charge in [-0.1, -0.05) is 12.1 Å². The number of ether oxygens (including phenoxy) is 1. The lowest BCUT2D eigenvalue weighted by Gasteiger charge is -2.50. The van der Waals surface area contributed by atoms with E-state index in [1.807, 2.05) is 43.9 Å². The van der Waals surface area contributed by atoms with Gasteiger partial charge in [0.2, 0.25) is 0 Å². The third-order valence-electron chi connectivity index (χ3n) is 11.1. The van der Waals surface area contributed by atoms with Crippen LogP contribution in [0.3, 0.4) is 0 Å². The maximum Gasteiger partial charge on any atom is 0.410 e. The van der Waals surface area contributed by atoms with E-state index in [9.17, 15) is 9.90 Å². The maximum atomic E-state index is 12.6. The van der Waals surface area contributed by atoms with Crippen LogP contribution in [0, 0.1) is 5.92 Å². The molecule has 1 aromatic carbocycles. The van der Waals surface area contributed by atoms with E-state index >= 15 is 0 Å². The number of carbonyl (C=O) groups excluding carboxylic acids is 1. The molecule has 2 atom stereocenters. The van der Waals surface area contributed by atoms with Crippen LogP contribution in [0.5, 0.6) is 5.75 Å². The van der Waals surface area contributed by atoms with Gasteiger partial charge in [-0.3, -0.25) is 4.90 Å². The number of rotatable bonds is 5. The van der Waals surface area contributed by atoms with Gasteiger partial charge in [0, 0.05) is 63.5 Å². The van der Waals surface area contributed by atoms with Gasteiger partial charge in [0.1, 0.15) is 11.4 Å². The van der Waals surface area contributed by atoms with E-state index in [-0.39, 0.29) is 11.8 Å². The fourth-order valence-electron chi connectivity index (χ4n) is 8.62. The first-order valence-electron chi connectivity index (χ1n) is 18.0. The number of carbonyl (C=O) groups is 1. The predicted molar refractivity (Wildman–Crippen MR) is 185 cm³/mol. The Morgan fingerprint density at radius 3 is 2.40 bits per heavy atom. The number of phenolic OH excluding ortho intramolecular Hbond substituents is 1. The van der Waals surface area contributed by atoms with Crippen LogP contribution in [0.15, 0.2) is 30.3 Å². The van der Waals surface area contributed by atoms with Crippen molar-refractivity contribution >= 4 is 17.6 Å². The van der Waals surface area contributed by atoms with Crippen molar-refractivity contribution in [3.63, 3.8) is 0 Å². The first-order valence-corrected chi connectivity index (χ1v) is 18.0. The SMILES string of the molecule is CC(C)(C)OC(=O)N1CCC[C@@H](CN2CCC(N3CCC(N4CCN5c6cc(-c7ccccc7O)nnc6NC[C@H]5C4)CC3)CC2)C1. The van der Waals surface area contributed by atoms with Gasteiger partial charge in [0.25, 0.3) is 0 Å². The molecule has 0 saturated carbocycles. The second-order valence-electron chi connectivity index (χ2n) is 15.4. The highest BCUT2D eigenvalue weighted by atomic mass is 16.6. The highest BCUT2D eigenvalue weighted by Gasteiger charge is 2.38. The van der Waals surface area contributed by atoms with Crippen LogP contribution in [0.4, 0.5) is 16.3 Å². The molecule has 5 aliphatic rings. The second kappa shape index (κ2) is 13.8. The second-order valence-corrected chi connectivity index (χ2v) is 15.4. The fourth-order valence-corrected chi connectivity index (χ4v) is 8.62. The molecule has 6 heterocycles. The Kier molecular flexibility index (Phi) is 9.49. The summed E-state index contributed by atoms with van der Waals surface area (Å²) < 4.78 is 5.65. The van der Waals surface area contributed by atoms with Crippen molar-refractivity contribution in [3.8, 4) is 17.0 Å². The van der Waals surface area contributed by atoms with Crippen LogP contribution in [0.1, 0.15) is 59.3 Å². The lowest BCUT2D eigenvalue weighted by molar-refractivity contribution is 0.0120. The lowest BCUT2D eigenvalue weighted by atomic mass is 9.94. The molecule has 47 heavy (non-hydrogen) atoms. The Labute approximate surface area is 280 Å². The number of aromatic nitrogens is 2. The van der Waals surface area contributed by atoms with Crippen LogP contribution < -0.4 is 10.2 Å². The number of para-hydroxylation sites is 1. The highest BCUT2D eigenvalue weighted by molar-refractivity contribution is 5.76. The van der Waals surface area contributed by atoms with E-state index in [4.69, 9.17) is 4.74 Å². The van der Waals surface area contributed by atoms with Crippen molar-refractivity contribution in [2.75, 3.05) is 82.2 Å². The number of anilines is 2.